The fourth-order valence-electron chi connectivity index (χ4n) is 2.72. The van der Waals surface area contributed by atoms with E-state index in [1.54, 1.807) is 42.5 Å². The Morgan fingerprint density at radius 3 is 2.37 bits per heavy atom. The molecule has 9 heteroatoms. The molecule has 0 aliphatic rings. The molecule has 3 rings (SSSR count). The molecule has 158 valence electrons. The zero-order valence-electron chi connectivity index (χ0n) is 16.1. The van der Waals surface area contributed by atoms with Gasteiger partial charge in [0.15, 0.2) is 11.5 Å². The largest absolute Gasteiger partial charge is 0.493 e. The second-order valence-corrected chi connectivity index (χ2v) is 8.37. The highest BCUT2D eigenvalue weighted by Gasteiger charge is 2.12. The number of primary sulfonamides is 1. The molecule has 3 N–H and O–H groups in total. The summed E-state index contributed by atoms with van der Waals surface area (Å²) in [6.45, 7) is 0.394. The van der Waals surface area contributed by atoms with Crippen LogP contribution in [0, 0.1) is 5.82 Å². The third-order valence-corrected chi connectivity index (χ3v) is 5.62. The van der Waals surface area contributed by atoms with Crippen LogP contribution in [0.5, 0.6) is 11.5 Å². The third-order valence-electron chi connectivity index (χ3n) is 4.34. The lowest BCUT2D eigenvalue weighted by molar-refractivity contribution is 0.279. The average Bonchev–Trinajstić information content (AvgIpc) is 2.72. The fourth-order valence-corrected chi connectivity index (χ4v) is 3.45. The smallest absolute Gasteiger partial charge is 0.238 e. The van der Waals surface area contributed by atoms with Crippen LogP contribution in [0.25, 0.3) is 0 Å². The summed E-state index contributed by atoms with van der Waals surface area (Å²) in [5, 5.41) is 8.68. The molecule has 0 saturated carbocycles. The number of nitrogens with two attached hydrogens (primary N) is 1. The Kier molecular flexibility index (Phi) is 6.81. The Morgan fingerprint density at radius 2 is 1.73 bits per heavy atom. The zero-order chi connectivity index (χ0) is 21.7. The molecule has 0 unspecified atom stereocenters. The number of hydrogen-bond donors (Lipinski definition) is 2. The monoisotopic (exact) mass is 450 g/mol. The average molecular weight is 451 g/mol. The van der Waals surface area contributed by atoms with Gasteiger partial charge in [-0.2, -0.15) is 0 Å². The van der Waals surface area contributed by atoms with E-state index in [1.807, 2.05) is 0 Å². The van der Waals surface area contributed by atoms with Gasteiger partial charge >= 0.3 is 0 Å². The number of benzene rings is 3. The first-order valence-electron chi connectivity index (χ1n) is 8.87. The second-order valence-electron chi connectivity index (χ2n) is 6.40. The highest BCUT2D eigenvalue weighted by molar-refractivity contribution is 7.89. The molecule has 0 radical (unpaired) electrons. The minimum Gasteiger partial charge on any atom is -0.493 e. The highest BCUT2D eigenvalue weighted by atomic mass is 35.5. The summed E-state index contributed by atoms with van der Waals surface area (Å²) in [6.07, 6.45) is 0. The molecule has 0 heterocycles. The number of methoxy groups -OCH3 is 1. The maximum absolute atomic E-state index is 13.8. The highest BCUT2D eigenvalue weighted by Crippen LogP contribution is 2.34. The molecule has 0 aromatic heterocycles. The van der Waals surface area contributed by atoms with Gasteiger partial charge in [-0.1, -0.05) is 29.8 Å². The Morgan fingerprint density at radius 1 is 1.03 bits per heavy atom. The van der Waals surface area contributed by atoms with Crippen LogP contribution in [0.1, 0.15) is 11.1 Å². The first-order chi connectivity index (χ1) is 14.3. The van der Waals surface area contributed by atoms with E-state index in [4.69, 9.17) is 26.2 Å². The van der Waals surface area contributed by atoms with Crippen molar-refractivity contribution in [2.45, 2.75) is 18.0 Å². The lowest BCUT2D eigenvalue weighted by Gasteiger charge is -2.15. The number of ether oxygens (including phenoxy) is 2. The summed E-state index contributed by atoms with van der Waals surface area (Å²) in [4.78, 5) is 0.0316. The standard InChI is InChI=1S/C21H20ClFN2O4S/c1-28-20-10-15(12-25-16-6-8-17(9-7-16)30(24,26)27)18(22)11-21(20)29-13-14-4-2-3-5-19(14)23/h2-11,25H,12-13H2,1H3,(H2,24,26,27). The van der Waals surface area contributed by atoms with E-state index >= 15 is 0 Å². The molecule has 3 aromatic rings. The summed E-state index contributed by atoms with van der Waals surface area (Å²) < 4.78 is 47.5. The van der Waals surface area contributed by atoms with Gasteiger partial charge in [0.05, 0.1) is 12.0 Å². The minimum atomic E-state index is -3.74. The number of nitrogens with one attached hydrogen (secondary N) is 1. The Balaban J connectivity index is 1.71. The molecule has 3 aromatic carbocycles. The number of sulfonamides is 1. The number of rotatable bonds is 8. The van der Waals surface area contributed by atoms with Crippen LogP contribution in [-0.4, -0.2) is 15.5 Å². The van der Waals surface area contributed by atoms with Gasteiger partial charge < -0.3 is 14.8 Å². The van der Waals surface area contributed by atoms with Crippen LogP contribution in [0.2, 0.25) is 5.02 Å². The van der Waals surface area contributed by atoms with E-state index in [0.717, 1.165) is 5.56 Å². The maximum atomic E-state index is 13.8. The molecule has 0 atom stereocenters. The van der Waals surface area contributed by atoms with Crippen LogP contribution in [-0.2, 0) is 23.2 Å². The van der Waals surface area contributed by atoms with Gasteiger partial charge in [-0.25, -0.2) is 17.9 Å². The third kappa shape index (κ3) is 5.41. The second kappa shape index (κ2) is 9.34. The lowest BCUT2D eigenvalue weighted by atomic mass is 10.2. The molecule has 0 aliphatic heterocycles. The Hall–Kier alpha value is -2.81. The van der Waals surface area contributed by atoms with Gasteiger partial charge in [0, 0.05) is 28.9 Å². The van der Waals surface area contributed by atoms with Gasteiger partial charge in [0.1, 0.15) is 12.4 Å². The fraction of sp³-hybridized carbons (Fsp3) is 0.143. The van der Waals surface area contributed by atoms with Gasteiger partial charge in [0.25, 0.3) is 0 Å². The van der Waals surface area contributed by atoms with Crippen molar-refractivity contribution in [3.63, 3.8) is 0 Å². The van der Waals surface area contributed by atoms with E-state index < -0.39 is 10.0 Å². The van der Waals surface area contributed by atoms with Crippen LogP contribution < -0.4 is 19.9 Å². The molecule has 0 amide bonds. The van der Waals surface area contributed by atoms with Gasteiger partial charge in [-0.15, -0.1) is 0 Å². The van der Waals surface area contributed by atoms with Crippen molar-refractivity contribution in [1.29, 1.82) is 0 Å². The Bertz CT molecular complexity index is 1140. The molecule has 30 heavy (non-hydrogen) atoms. The first-order valence-corrected chi connectivity index (χ1v) is 10.8. The van der Waals surface area contributed by atoms with E-state index in [9.17, 15) is 12.8 Å². The number of halogens is 2. The Labute approximate surface area is 179 Å². The zero-order valence-corrected chi connectivity index (χ0v) is 17.6. The van der Waals surface area contributed by atoms with Crippen molar-refractivity contribution in [3.8, 4) is 11.5 Å². The predicted molar refractivity (Wildman–Crippen MR) is 114 cm³/mol. The maximum Gasteiger partial charge on any atom is 0.238 e. The van der Waals surface area contributed by atoms with Gasteiger partial charge in [-0.3, -0.25) is 0 Å². The van der Waals surface area contributed by atoms with Crippen molar-refractivity contribution < 1.29 is 22.3 Å². The summed E-state index contributed by atoms with van der Waals surface area (Å²) in [5.74, 6) is 0.501. The van der Waals surface area contributed by atoms with Gasteiger partial charge in [0.2, 0.25) is 10.0 Å². The normalized spacial score (nSPS) is 11.2. The summed E-state index contributed by atoms with van der Waals surface area (Å²) >= 11 is 6.38. The molecule has 0 aliphatic carbocycles. The summed E-state index contributed by atoms with van der Waals surface area (Å²) in [5.41, 5.74) is 1.85. The predicted octanol–water partition coefficient (Wildman–Crippen LogP) is 4.33. The molecule has 0 saturated heterocycles. The van der Waals surface area contributed by atoms with Crippen molar-refractivity contribution >= 4 is 27.3 Å². The molecular formula is C21H20ClFN2O4S. The van der Waals surface area contributed by atoms with E-state index in [1.165, 1.54) is 25.3 Å². The van der Waals surface area contributed by atoms with Gasteiger partial charge in [-0.05, 0) is 42.0 Å². The SMILES string of the molecule is COc1cc(CNc2ccc(S(N)(=O)=O)cc2)c(Cl)cc1OCc1ccccc1F. The van der Waals surface area contributed by atoms with E-state index in [2.05, 4.69) is 5.32 Å². The minimum absolute atomic E-state index is 0.0316. The van der Waals surface area contributed by atoms with E-state index in [0.29, 0.717) is 34.3 Å². The van der Waals surface area contributed by atoms with Crippen molar-refractivity contribution in [1.82, 2.24) is 0 Å². The lowest BCUT2D eigenvalue weighted by Crippen LogP contribution is -2.12. The molecular weight excluding hydrogens is 431 g/mol. The van der Waals surface area contributed by atoms with Crippen LogP contribution in [0.15, 0.2) is 65.6 Å². The van der Waals surface area contributed by atoms with Crippen molar-refractivity contribution in [2.75, 3.05) is 12.4 Å². The number of hydrogen-bond acceptors (Lipinski definition) is 5. The van der Waals surface area contributed by atoms with Crippen molar-refractivity contribution in [3.05, 3.63) is 82.6 Å². The molecule has 0 fully saturated rings. The summed E-state index contributed by atoms with van der Waals surface area (Å²) in [6, 6.07) is 15.7. The molecule has 0 spiro atoms. The molecule has 0 bridgehead atoms. The van der Waals surface area contributed by atoms with E-state index in [-0.39, 0.29) is 17.3 Å². The molecule has 6 nitrogen and oxygen atoms in total. The van der Waals surface area contributed by atoms with Crippen molar-refractivity contribution in [2.24, 2.45) is 5.14 Å². The van der Waals surface area contributed by atoms with Crippen LogP contribution in [0.3, 0.4) is 0 Å². The first kappa shape index (κ1) is 21.9. The summed E-state index contributed by atoms with van der Waals surface area (Å²) in [7, 11) is -2.24. The van der Waals surface area contributed by atoms with Crippen LogP contribution >= 0.6 is 11.6 Å². The number of anilines is 1. The topological polar surface area (TPSA) is 90.6 Å². The van der Waals surface area contributed by atoms with Crippen LogP contribution in [0.4, 0.5) is 10.1 Å². The quantitative estimate of drug-likeness (QED) is 0.533.